The van der Waals surface area contributed by atoms with Gasteiger partial charge in [0.2, 0.25) is 0 Å². The lowest BCUT2D eigenvalue weighted by Gasteiger charge is -2.36. The first-order valence-corrected chi connectivity index (χ1v) is 8.43. The summed E-state index contributed by atoms with van der Waals surface area (Å²) in [5.41, 5.74) is 2.06. The van der Waals surface area contributed by atoms with Crippen LogP contribution in [-0.2, 0) is 6.54 Å². The highest BCUT2D eigenvalue weighted by Gasteiger charge is 2.22. The molecule has 20 heavy (non-hydrogen) atoms. The quantitative estimate of drug-likeness (QED) is 0.835. The summed E-state index contributed by atoms with van der Waals surface area (Å²) in [6.07, 6.45) is 1.10. The number of benzene rings is 1. The average Bonchev–Trinajstić information content (AvgIpc) is 2.37. The average molecular weight is 296 g/mol. The van der Waals surface area contributed by atoms with E-state index in [1.165, 1.54) is 0 Å². The number of hydrogen-bond acceptors (Lipinski definition) is 3. The van der Waals surface area contributed by atoms with Crippen molar-refractivity contribution >= 4 is 17.4 Å². The lowest BCUT2D eigenvalue weighted by atomic mass is 10.1. The van der Waals surface area contributed by atoms with Crippen LogP contribution in [0, 0.1) is 5.82 Å². The molecule has 112 valence electrons. The largest absolute Gasteiger partial charge is 0.369 e. The number of thioether (sulfide) groups is 1. The molecule has 2 nitrogen and oxygen atoms in total. The summed E-state index contributed by atoms with van der Waals surface area (Å²) in [4.78, 5) is 2.32. The van der Waals surface area contributed by atoms with E-state index in [9.17, 15) is 4.39 Å². The number of anilines is 1. The van der Waals surface area contributed by atoms with E-state index in [4.69, 9.17) is 0 Å². The van der Waals surface area contributed by atoms with Gasteiger partial charge in [-0.1, -0.05) is 20.8 Å². The zero-order valence-corrected chi connectivity index (χ0v) is 13.5. The Morgan fingerprint density at radius 2 is 1.95 bits per heavy atom. The monoisotopic (exact) mass is 296 g/mol. The maximum absolute atomic E-state index is 13.8. The van der Waals surface area contributed by atoms with Crippen molar-refractivity contribution in [1.29, 1.82) is 0 Å². The number of nitrogens with one attached hydrogen (secondary N) is 1. The van der Waals surface area contributed by atoms with E-state index in [1.54, 1.807) is 12.1 Å². The Balaban J connectivity index is 2.10. The second-order valence-electron chi connectivity index (χ2n) is 5.66. The highest BCUT2D eigenvalue weighted by molar-refractivity contribution is 8.00. The van der Waals surface area contributed by atoms with Gasteiger partial charge >= 0.3 is 0 Å². The van der Waals surface area contributed by atoms with Gasteiger partial charge < -0.3 is 10.2 Å². The molecule has 1 saturated heterocycles. The summed E-state index contributed by atoms with van der Waals surface area (Å²) < 4.78 is 13.8. The second-order valence-corrected chi connectivity index (χ2v) is 7.54. The molecule has 0 bridgehead atoms. The predicted octanol–water partition coefficient (Wildman–Crippen LogP) is 3.66. The van der Waals surface area contributed by atoms with Gasteiger partial charge in [-0.2, -0.15) is 11.8 Å². The lowest BCUT2D eigenvalue weighted by Crippen LogP contribution is -2.40. The van der Waals surface area contributed by atoms with E-state index in [0.717, 1.165) is 43.9 Å². The number of hydrogen-bond donors (Lipinski definition) is 1. The zero-order chi connectivity index (χ0) is 14.5. The Bertz CT molecular complexity index is 428. The molecule has 2 atom stereocenters. The Morgan fingerprint density at radius 3 is 2.60 bits per heavy atom. The van der Waals surface area contributed by atoms with Gasteiger partial charge in [-0.3, -0.25) is 0 Å². The van der Waals surface area contributed by atoms with Crippen LogP contribution in [0.3, 0.4) is 0 Å². The Hall–Kier alpha value is -0.740. The van der Waals surface area contributed by atoms with E-state index < -0.39 is 0 Å². The van der Waals surface area contributed by atoms with Gasteiger partial charge in [0.15, 0.2) is 0 Å². The zero-order valence-electron chi connectivity index (χ0n) is 12.7. The van der Waals surface area contributed by atoms with Gasteiger partial charge in [0, 0.05) is 35.8 Å². The second kappa shape index (κ2) is 7.32. The third kappa shape index (κ3) is 4.38. The van der Waals surface area contributed by atoms with Crippen molar-refractivity contribution < 1.29 is 4.39 Å². The van der Waals surface area contributed by atoms with E-state index in [1.807, 2.05) is 11.8 Å². The minimum Gasteiger partial charge on any atom is -0.369 e. The summed E-state index contributed by atoms with van der Waals surface area (Å²) in [7, 11) is 0. The van der Waals surface area contributed by atoms with E-state index in [-0.39, 0.29) is 5.82 Å². The minimum atomic E-state index is -0.130. The maximum atomic E-state index is 13.8. The molecule has 2 unspecified atom stereocenters. The summed E-state index contributed by atoms with van der Waals surface area (Å²) >= 11 is 2.02. The number of rotatable bonds is 5. The van der Waals surface area contributed by atoms with Crippen LogP contribution in [0.15, 0.2) is 18.2 Å². The molecule has 1 heterocycles. The van der Waals surface area contributed by atoms with E-state index in [2.05, 4.69) is 37.1 Å². The molecule has 0 spiro atoms. The SMILES string of the molecule is CCCNCc1cc(F)cc(N2CC(C)SC(C)C2)c1. The highest BCUT2D eigenvalue weighted by Crippen LogP contribution is 2.29. The van der Waals surface area contributed by atoms with Crippen LogP contribution in [0.4, 0.5) is 10.1 Å². The third-order valence-electron chi connectivity index (χ3n) is 3.48. The molecule has 4 heteroatoms. The highest BCUT2D eigenvalue weighted by atomic mass is 32.2. The summed E-state index contributed by atoms with van der Waals surface area (Å²) in [5, 5.41) is 4.54. The van der Waals surface area contributed by atoms with Crippen LogP contribution in [0.5, 0.6) is 0 Å². The fourth-order valence-electron chi connectivity index (χ4n) is 2.72. The molecule has 0 radical (unpaired) electrons. The first-order chi connectivity index (χ1) is 9.58. The minimum absolute atomic E-state index is 0.130. The fraction of sp³-hybridized carbons (Fsp3) is 0.625. The van der Waals surface area contributed by atoms with Crippen molar-refractivity contribution in [3.8, 4) is 0 Å². The Morgan fingerprint density at radius 1 is 1.25 bits per heavy atom. The number of halogens is 1. The molecular formula is C16H25FN2S. The molecule has 0 aliphatic carbocycles. The maximum Gasteiger partial charge on any atom is 0.125 e. The smallest absolute Gasteiger partial charge is 0.125 e. The Kier molecular flexibility index (Phi) is 5.73. The molecule has 1 aromatic rings. The van der Waals surface area contributed by atoms with Crippen LogP contribution in [0.1, 0.15) is 32.8 Å². The van der Waals surface area contributed by atoms with Crippen LogP contribution in [-0.4, -0.2) is 30.1 Å². The van der Waals surface area contributed by atoms with Gasteiger partial charge in [0.1, 0.15) is 5.82 Å². The molecule has 1 aliphatic heterocycles. The van der Waals surface area contributed by atoms with Gasteiger partial charge in [-0.15, -0.1) is 0 Å². The topological polar surface area (TPSA) is 15.3 Å². The molecule has 1 aromatic carbocycles. The van der Waals surface area contributed by atoms with E-state index in [0.29, 0.717) is 10.5 Å². The first-order valence-electron chi connectivity index (χ1n) is 7.49. The van der Waals surface area contributed by atoms with Crippen LogP contribution in [0.25, 0.3) is 0 Å². The molecule has 0 aromatic heterocycles. The standard InChI is InChI=1S/C16H25FN2S/c1-4-5-18-9-14-6-15(17)8-16(7-14)19-10-12(2)20-13(3)11-19/h6-8,12-13,18H,4-5,9-11H2,1-3H3. The van der Waals surface area contributed by atoms with Crippen LogP contribution < -0.4 is 10.2 Å². The van der Waals surface area contributed by atoms with Crippen molar-refractivity contribution in [1.82, 2.24) is 5.32 Å². The van der Waals surface area contributed by atoms with Gasteiger partial charge in [-0.05, 0) is 36.7 Å². The predicted molar refractivity (Wildman–Crippen MR) is 87.1 cm³/mol. The molecule has 1 fully saturated rings. The molecule has 1 N–H and O–H groups in total. The molecule has 0 amide bonds. The Labute approximate surface area is 126 Å². The summed E-state index contributed by atoms with van der Waals surface area (Å²) in [6, 6.07) is 5.43. The lowest BCUT2D eigenvalue weighted by molar-refractivity contribution is 0.616. The molecule has 0 saturated carbocycles. The third-order valence-corrected chi connectivity index (χ3v) is 4.71. The van der Waals surface area contributed by atoms with Gasteiger partial charge in [0.25, 0.3) is 0 Å². The van der Waals surface area contributed by atoms with Crippen molar-refractivity contribution in [3.63, 3.8) is 0 Å². The number of nitrogens with zero attached hydrogens (tertiary/aromatic N) is 1. The molecule has 2 rings (SSSR count). The fourth-order valence-corrected chi connectivity index (χ4v) is 4.04. The van der Waals surface area contributed by atoms with Gasteiger partial charge in [0.05, 0.1) is 0 Å². The molecular weight excluding hydrogens is 271 g/mol. The van der Waals surface area contributed by atoms with Gasteiger partial charge in [-0.25, -0.2) is 4.39 Å². The molecule has 1 aliphatic rings. The first kappa shape index (κ1) is 15.6. The van der Waals surface area contributed by atoms with Crippen molar-refractivity contribution in [2.24, 2.45) is 0 Å². The van der Waals surface area contributed by atoms with Crippen LogP contribution >= 0.6 is 11.8 Å². The van der Waals surface area contributed by atoms with Crippen molar-refractivity contribution in [2.75, 3.05) is 24.5 Å². The van der Waals surface area contributed by atoms with Crippen molar-refractivity contribution in [3.05, 3.63) is 29.6 Å². The summed E-state index contributed by atoms with van der Waals surface area (Å²) in [5.74, 6) is -0.130. The van der Waals surface area contributed by atoms with E-state index >= 15 is 0 Å². The van der Waals surface area contributed by atoms with Crippen molar-refractivity contribution in [2.45, 2.75) is 44.2 Å². The normalized spacial score (nSPS) is 23.1. The van der Waals surface area contributed by atoms with Crippen LogP contribution in [0.2, 0.25) is 0 Å². The summed E-state index contributed by atoms with van der Waals surface area (Å²) in [6.45, 7) is 10.3.